The highest BCUT2D eigenvalue weighted by Gasteiger charge is 2.51. The number of rotatable bonds is 4. The summed E-state index contributed by atoms with van der Waals surface area (Å²) in [6.45, 7) is 0. The minimum Gasteiger partial charge on any atom is -0.208 e. The first kappa shape index (κ1) is 22.4. The van der Waals surface area contributed by atoms with Gasteiger partial charge in [0.25, 0.3) is 0 Å². The van der Waals surface area contributed by atoms with Gasteiger partial charge in [-0.15, -0.1) is 0 Å². The number of hydrogen-bond donors (Lipinski definition) is 0. The van der Waals surface area contributed by atoms with Gasteiger partial charge in [0.05, 0.1) is 0 Å². The molecule has 1 aromatic heterocycles. The minimum absolute atomic E-state index is 0.384. The van der Waals surface area contributed by atoms with Crippen LogP contribution < -0.4 is 0 Å². The van der Waals surface area contributed by atoms with Gasteiger partial charge >= 0.3 is 0 Å². The molecule has 4 aliphatic rings. The van der Waals surface area contributed by atoms with Crippen LogP contribution in [0.4, 0.5) is 0 Å². The summed E-state index contributed by atoms with van der Waals surface area (Å²) < 4.78 is 0. The first-order chi connectivity index (χ1) is 17.5. The summed E-state index contributed by atoms with van der Waals surface area (Å²) >= 11 is 12.3. The van der Waals surface area contributed by atoms with E-state index in [1.54, 1.807) is 0 Å². The van der Waals surface area contributed by atoms with Crippen molar-refractivity contribution in [2.45, 2.75) is 43.9 Å². The highest BCUT2D eigenvalue weighted by Crippen LogP contribution is 2.60. The molecule has 8 rings (SSSR count). The van der Waals surface area contributed by atoms with Gasteiger partial charge in [-0.25, -0.2) is 15.0 Å². The second kappa shape index (κ2) is 8.68. The van der Waals surface area contributed by atoms with E-state index in [1.807, 2.05) is 48.5 Å². The molecule has 36 heavy (non-hydrogen) atoms. The smallest absolute Gasteiger partial charge is 0.164 e. The Morgan fingerprint density at radius 1 is 0.500 bits per heavy atom. The van der Waals surface area contributed by atoms with Crippen LogP contribution in [0, 0.1) is 17.8 Å². The van der Waals surface area contributed by atoms with E-state index in [-0.39, 0.29) is 0 Å². The van der Waals surface area contributed by atoms with E-state index in [0.717, 1.165) is 34.4 Å². The number of hydrogen-bond acceptors (Lipinski definition) is 3. The number of halogens is 2. The molecule has 0 saturated heterocycles. The lowest BCUT2D eigenvalue weighted by molar-refractivity contribution is -0.00518. The van der Waals surface area contributed by atoms with Crippen molar-refractivity contribution in [1.82, 2.24) is 15.0 Å². The largest absolute Gasteiger partial charge is 0.208 e. The van der Waals surface area contributed by atoms with Crippen molar-refractivity contribution >= 4 is 23.2 Å². The van der Waals surface area contributed by atoms with Crippen LogP contribution in [0.25, 0.3) is 34.2 Å². The van der Waals surface area contributed by atoms with Crippen molar-refractivity contribution in [1.29, 1.82) is 0 Å². The fourth-order valence-corrected chi connectivity index (χ4v) is 7.65. The van der Waals surface area contributed by atoms with E-state index in [9.17, 15) is 0 Å². The molecule has 4 bridgehead atoms. The molecule has 3 nitrogen and oxygen atoms in total. The lowest BCUT2D eigenvalue weighted by atomic mass is 9.48. The van der Waals surface area contributed by atoms with Crippen LogP contribution in [0.2, 0.25) is 10.0 Å². The Morgan fingerprint density at radius 2 is 0.833 bits per heavy atom. The molecule has 4 aromatic rings. The normalized spacial score (nSPS) is 26.3. The summed E-state index contributed by atoms with van der Waals surface area (Å²) in [6, 6.07) is 24.3. The summed E-state index contributed by atoms with van der Waals surface area (Å²) in [4.78, 5) is 14.5. The Labute approximate surface area is 222 Å². The van der Waals surface area contributed by atoms with E-state index in [4.69, 9.17) is 38.2 Å². The molecule has 3 aromatic carbocycles. The van der Waals surface area contributed by atoms with Crippen LogP contribution >= 0.6 is 23.2 Å². The second-order valence-electron chi connectivity index (χ2n) is 11.1. The van der Waals surface area contributed by atoms with Crippen LogP contribution in [-0.2, 0) is 5.41 Å². The van der Waals surface area contributed by atoms with Crippen LogP contribution in [0.5, 0.6) is 0 Å². The van der Waals surface area contributed by atoms with Crippen LogP contribution in [0.15, 0.2) is 72.8 Å². The van der Waals surface area contributed by atoms with E-state index < -0.39 is 0 Å². The van der Waals surface area contributed by atoms with Gasteiger partial charge in [-0.2, -0.15) is 0 Å². The van der Waals surface area contributed by atoms with E-state index in [0.29, 0.717) is 32.9 Å². The van der Waals surface area contributed by atoms with Gasteiger partial charge in [-0.1, -0.05) is 47.5 Å². The molecular formula is C31H27Cl2N3. The molecule has 4 saturated carbocycles. The first-order valence-electron chi connectivity index (χ1n) is 12.9. The molecule has 0 aliphatic heterocycles. The maximum absolute atomic E-state index is 6.13. The van der Waals surface area contributed by atoms with Crippen LogP contribution in [-0.4, -0.2) is 15.0 Å². The summed E-state index contributed by atoms with van der Waals surface area (Å²) in [6.07, 6.45) is 8.48. The Kier molecular flexibility index (Phi) is 5.41. The van der Waals surface area contributed by atoms with Crippen molar-refractivity contribution in [2.75, 3.05) is 0 Å². The van der Waals surface area contributed by atoms with Crippen molar-refractivity contribution in [3.05, 3.63) is 88.4 Å². The van der Waals surface area contributed by atoms with Crippen LogP contribution in [0.1, 0.15) is 44.1 Å². The van der Waals surface area contributed by atoms with Crippen molar-refractivity contribution in [2.24, 2.45) is 17.8 Å². The molecule has 1 heterocycles. The molecule has 4 fully saturated rings. The van der Waals surface area contributed by atoms with Gasteiger partial charge in [0.15, 0.2) is 17.5 Å². The molecule has 0 radical (unpaired) electrons. The van der Waals surface area contributed by atoms with E-state index >= 15 is 0 Å². The average molecular weight is 512 g/mol. The third-order valence-electron chi connectivity index (χ3n) is 8.63. The van der Waals surface area contributed by atoms with Gasteiger partial charge in [-0.05, 0) is 116 Å². The third kappa shape index (κ3) is 4.03. The number of benzene rings is 3. The van der Waals surface area contributed by atoms with Crippen LogP contribution in [0.3, 0.4) is 0 Å². The topological polar surface area (TPSA) is 38.7 Å². The first-order valence-corrected chi connectivity index (χ1v) is 13.7. The zero-order valence-electron chi connectivity index (χ0n) is 20.0. The lowest BCUT2D eigenvalue weighted by Gasteiger charge is -2.57. The fourth-order valence-electron chi connectivity index (χ4n) is 7.40. The summed E-state index contributed by atoms with van der Waals surface area (Å²) in [7, 11) is 0. The Bertz CT molecular complexity index is 1310. The molecule has 4 aliphatic carbocycles. The summed E-state index contributed by atoms with van der Waals surface area (Å²) in [5, 5.41) is 1.37. The zero-order valence-corrected chi connectivity index (χ0v) is 21.5. The minimum atomic E-state index is 0.384. The summed E-state index contributed by atoms with van der Waals surface area (Å²) in [5.74, 6) is 4.74. The average Bonchev–Trinajstić information content (AvgIpc) is 2.89. The third-order valence-corrected chi connectivity index (χ3v) is 9.14. The van der Waals surface area contributed by atoms with Gasteiger partial charge in [0, 0.05) is 26.7 Å². The maximum atomic E-state index is 6.13. The standard InChI is InChI=1S/C31H27Cl2N3/c32-26-9-3-23(4-10-26)29-34-28(35-30(36-29)24-5-11-27(33)12-6-24)22-1-7-25(8-2-22)31-16-19-13-20(17-31)15-21(14-19)18-31/h1-12,19-21H,13-18H2. The molecular weight excluding hydrogens is 485 g/mol. The molecule has 180 valence electrons. The highest BCUT2D eigenvalue weighted by molar-refractivity contribution is 6.30. The predicted molar refractivity (Wildman–Crippen MR) is 146 cm³/mol. The maximum Gasteiger partial charge on any atom is 0.164 e. The number of aromatic nitrogens is 3. The number of nitrogens with zero attached hydrogens (tertiary/aromatic N) is 3. The fraction of sp³-hybridized carbons (Fsp3) is 0.323. The predicted octanol–water partition coefficient (Wildman–Crippen LogP) is 8.65. The molecule has 0 N–H and O–H groups in total. The van der Waals surface area contributed by atoms with Gasteiger partial charge < -0.3 is 0 Å². The monoisotopic (exact) mass is 511 g/mol. The molecule has 0 amide bonds. The SMILES string of the molecule is Clc1ccc(-c2nc(-c3ccc(Cl)cc3)nc(-c3ccc(C45CC6CC(CC(C6)C4)C5)cc3)n2)cc1. The van der Waals surface area contributed by atoms with Gasteiger partial charge in [0.1, 0.15) is 0 Å². The quantitative estimate of drug-likeness (QED) is 0.275. The Morgan fingerprint density at radius 3 is 1.19 bits per heavy atom. The van der Waals surface area contributed by atoms with Gasteiger partial charge in [0.2, 0.25) is 0 Å². The van der Waals surface area contributed by atoms with Gasteiger partial charge in [-0.3, -0.25) is 0 Å². The molecule has 0 spiro atoms. The molecule has 0 unspecified atom stereocenters. The van der Waals surface area contributed by atoms with E-state index in [1.165, 1.54) is 44.1 Å². The van der Waals surface area contributed by atoms with Crippen molar-refractivity contribution in [3.63, 3.8) is 0 Å². The molecule has 0 atom stereocenters. The summed E-state index contributed by atoms with van der Waals surface area (Å²) in [5.41, 5.74) is 4.72. The second-order valence-corrected chi connectivity index (χ2v) is 12.0. The molecule has 5 heteroatoms. The Hall–Kier alpha value is -2.75. The zero-order chi connectivity index (χ0) is 24.3. The lowest BCUT2D eigenvalue weighted by Crippen LogP contribution is -2.48. The van der Waals surface area contributed by atoms with Crippen molar-refractivity contribution in [3.8, 4) is 34.2 Å². The van der Waals surface area contributed by atoms with E-state index in [2.05, 4.69) is 24.3 Å². The van der Waals surface area contributed by atoms with Crippen molar-refractivity contribution < 1.29 is 0 Å². The highest BCUT2D eigenvalue weighted by atomic mass is 35.5. The Balaban J connectivity index is 1.28.